The third-order valence-electron chi connectivity index (χ3n) is 4.42. The lowest BCUT2D eigenvalue weighted by molar-refractivity contribution is 0.00947. The van der Waals surface area contributed by atoms with Gasteiger partial charge in [0.15, 0.2) is 0 Å². The number of allylic oxidation sites excluding steroid dienone is 1. The van der Waals surface area contributed by atoms with Gasteiger partial charge in [-0.05, 0) is 12.6 Å². The van der Waals surface area contributed by atoms with E-state index in [4.69, 9.17) is 11.6 Å². The number of hydrogen-bond donors (Lipinski definition) is 0. The van der Waals surface area contributed by atoms with Gasteiger partial charge >= 0.3 is 0 Å². The molecule has 1 aromatic rings. The van der Waals surface area contributed by atoms with Crippen molar-refractivity contribution in [2.45, 2.75) is 18.9 Å². The van der Waals surface area contributed by atoms with Gasteiger partial charge in [-0.25, -0.2) is 4.99 Å². The number of hydrazone groups is 1. The summed E-state index contributed by atoms with van der Waals surface area (Å²) in [5.41, 5.74) is 1.43. The third-order valence-corrected chi connectivity index (χ3v) is 4.60. The summed E-state index contributed by atoms with van der Waals surface area (Å²) < 4.78 is 1.91. The van der Waals surface area contributed by atoms with Crippen LogP contribution < -0.4 is 0 Å². The Bertz CT molecular complexity index is 777. The van der Waals surface area contributed by atoms with E-state index in [9.17, 15) is 5.26 Å². The zero-order valence-corrected chi connectivity index (χ0v) is 14.9. The highest BCUT2D eigenvalue weighted by molar-refractivity contribution is 6.30. The number of halogens is 1. The van der Waals surface area contributed by atoms with Gasteiger partial charge in [0.25, 0.3) is 0 Å². The summed E-state index contributed by atoms with van der Waals surface area (Å²) in [6.07, 6.45) is 9.03. The van der Waals surface area contributed by atoms with Gasteiger partial charge < -0.3 is 0 Å². The van der Waals surface area contributed by atoms with Gasteiger partial charge in [0.1, 0.15) is 10.7 Å². The molecule has 0 atom stereocenters. The van der Waals surface area contributed by atoms with Crippen LogP contribution in [0.5, 0.6) is 0 Å². The lowest BCUT2D eigenvalue weighted by Gasteiger charge is -2.48. The van der Waals surface area contributed by atoms with E-state index in [0.29, 0.717) is 18.1 Å². The second kappa shape index (κ2) is 7.21. The van der Waals surface area contributed by atoms with Crippen LogP contribution in [0.3, 0.4) is 0 Å². The van der Waals surface area contributed by atoms with Crippen LogP contribution >= 0.6 is 11.6 Å². The monoisotopic (exact) mass is 357 g/mol. The molecule has 1 aromatic heterocycles. The van der Waals surface area contributed by atoms with E-state index in [-0.39, 0.29) is 5.54 Å². The molecule has 3 rings (SSSR count). The van der Waals surface area contributed by atoms with Crippen molar-refractivity contribution < 1.29 is 0 Å². The zero-order chi connectivity index (χ0) is 17.9. The minimum Gasteiger partial charge on any atom is -0.299 e. The number of rotatable bonds is 6. The molecular weight excluding hydrogens is 338 g/mol. The van der Waals surface area contributed by atoms with E-state index in [1.165, 1.54) is 0 Å². The number of nitrogens with zero attached hydrogens (tertiary/aromatic N) is 7. The fourth-order valence-corrected chi connectivity index (χ4v) is 3.32. The van der Waals surface area contributed by atoms with Crippen LogP contribution in [0.1, 0.15) is 18.9 Å². The highest BCUT2D eigenvalue weighted by Crippen LogP contribution is 2.32. The van der Waals surface area contributed by atoms with Gasteiger partial charge in [0.2, 0.25) is 0 Å². The Balaban J connectivity index is 1.82. The second-order valence-corrected chi connectivity index (χ2v) is 6.53. The molecule has 0 unspecified atom stereocenters. The number of likely N-dealkylation sites (N-methyl/N-ethyl adjacent to an activating group) is 1. The summed E-state index contributed by atoms with van der Waals surface area (Å²) in [5.74, 6) is 0. The standard InChI is InChI=1S/C17H20ClN7/c1-3-7-20-24-10-15(22-16(18)11-24)14-8-21-25(9-14)17(5-6-19)12-23(4-2)13-17/h3,7-9,11H,1,4-5,10,12-13H2,2H3/b20-7-. The predicted octanol–water partition coefficient (Wildman–Crippen LogP) is 2.14. The average Bonchev–Trinajstić information content (AvgIpc) is 3.05. The number of nitriles is 1. The average molecular weight is 358 g/mol. The van der Waals surface area contributed by atoms with Crippen LogP contribution in [-0.2, 0) is 5.54 Å². The molecular formula is C17H20ClN7. The molecule has 0 amide bonds. The van der Waals surface area contributed by atoms with Crippen LogP contribution in [0.4, 0.5) is 0 Å². The summed E-state index contributed by atoms with van der Waals surface area (Å²) in [5, 5.41) is 20.0. The maximum atomic E-state index is 9.21. The van der Waals surface area contributed by atoms with Crippen molar-refractivity contribution in [1.82, 2.24) is 19.7 Å². The van der Waals surface area contributed by atoms with Crippen LogP contribution in [0.25, 0.3) is 0 Å². The quantitative estimate of drug-likeness (QED) is 0.577. The van der Waals surface area contributed by atoms with Gasteiger partial charge in [-0.3, -0.25) is 14.6 Å². The van der Waals surface area contributed by atoms with Gasteiger partial charge in [0, 0.05) is 31.1 Å². The Morgan fingerprint density at radius 1 is 1.52 bits per heavy atom. The van der Waals surface area contributed by atoms with Gasteiger partial charge in [-0.15, -0.1) is 0 Å². The molecule has 0 saturated carbocycles. The molecule has 8 heteroatoms. The molecule has 0 aromatic carbocycles. The summed E-state index contributed by atoms with van der Waals surface area (Å²) in [6.45, 7) is 8.88. The van der Waals surface area contributed by atoms with E-state index >= 15 is 0 Å². The van der Waals surface area contributed by atoms with Gasteiger partial charge in [-0.1, -0.05) is 25.1 Å². The van der Waals surface area contributed by atoms with Crippen LogP contribution in [0, 0.1) is 11.3 Å². The number of hydrogen-bond acceptors (Lipinski definition) is 6. The van der Waals surface area contributed by atoms with Crippen molar-refractivity contribution in [2.75, 3.05) is 26.2 Å². The zero-order valence-electron chi connectivity index (χ0n) is 14.1. The third kappa shape index (κ3) is 3.50. The highest BCUT2D eigenvalue weighted by atomic mass is 35.5. The number of likely N-dealkylation sites (tertiary alicyclic amines) is 1. The highest BCUT2D eigenvalue weighted by Gasteiger charge is 2.44. The molecule has 25 heavy (non-hydrogen) atoms. The smallest absolute Gasteiger partial charge is 0.147 e. The lowest BCUT2D eigenvalue weighted by atomic mass is 9.87. The van der Waals surface area contributed by atoms with Crippen molar-refractivity contribution in [1.29, 1.82) is 5.26 Å². The lowest BCUT2D eigenvalue weighted by Crippen LogP contribution is -2.62. The Morgan fingerprint density at radius 2 is 2.32 bits per heavy atom. The van der Waals surface area contributed by atoms with Crippen molar-refractivity contribution in [2.24, 2.45) is 10.1 Å². The van der Waals surface area contributed by atoms with Crippen LogP contribution in [0.2, 0.25) is 0 Å². The van der Waals surface area contributed by atoms with Crippen molar-refractivity contribution in [3.05, 3.63) is 42.0 Å². The summed E-state index contributed by atoms with van der Waals surface area (Å²) in [7, 11) is 0. The fourth-order valence-electron chi connectivity index (χ4n) is 3.10. The number of aromatic nitrogens is 2. The molecule has 0 spiro atoms. The molecule has 0 aliphatic carbocycles. The Labute approximate surface area is 152 Å². The van der Waals surface area contributed by atoms with Crippen LogP contribution in [0.15, 0.2) is 46.5 Å². The maximum absolute atomic E-state index is 9.21. The molecule has 1 fully saturated rings. The normalized spacial score (nSPS) is 20.0. The van der Waals surface area contributed by atoms with E-state index in [1.54, 1.807) is 29.7 Å². The minimum absolute atomic E-state index is 0.251. The van der Waals surface area contributed by atoms with Gasteiger partial charge in [0.05, 0.1) is 37.1 Å². The van der Waals surface area contributed by atoms with Crippen LogP contribution in [-0.4, -0.2) is 57.8 Å². The van der Waals surface area contributed by atoms with Crippen molar-refractivity contribution in [3.63, 3.8) is 0 Å². The Hall–Kier alpha value is -2.43. The predicted molar refractivity (Wildman–Crippen MR) is 98.4 cm³/mol. The van der Waals surface area contributed by atoms with Crippen molar-refractivity contribution >= 4 is 23.5 Å². The summed E-state index contributed by atoms with van der Waals surface area (Å²) in [4.78, 5) is 6.69. The number of aliphatic imine (C=N–C) groups is 1. The molecule has 0 bridgehead atoms. The largest absolute Gasteiger partial charge is 0.299 e. The molecule has 7 nitrogen and oxygen atoms in total. The molecule has 3 heterocycles. The Morgan fingerprint density at radius 3 is 3.00 bits per heavy atom. The molecule has 2 aliphatic heterocycles. The van der Waals surface area contributed by atoms with E-state index < -0.39 is 0 Å². The SMILES string of the molecule is C=C/C=N\N1C=C(Cl)N=C(c2cnn(C3(CC#N)CN(CC)C3)c2)C1. The second-order valence-electron chi connectivity index (χ2n) is 6.14. The summed E-state index contributed by atoms with van der Waals surface area (Å²) >= 11 is 6.11. The van der Waals surface area contributed by atoms with E-state index in [0.717, 1.165) is 30.9 Å². The molecule has 0 N–H and O–H groups in total. The fraction of sp³-hybridized carbons (Fsp3) is 0.412. The van der Waals surface area contributed by atoms with E-state index in [1.807, 2.05) is 10.9 Å². The first-order chi connectivity index (χ1) is 12.1. The molecule has 130 valence electrons. The van der Waals surface area contributed by atoms with Gasteiger partial charge in [-0.2, -0.15) is 15.5 Å². The molecule has 1 saturated heterocycles. The molecule has 0 radical (unpaired) electrons. The first-order valence-corrected chi connectivity index (χ1v) is 8.49. The van der Waals surface area contributed by atoms with E-state index in [2.05, 4.69) is 39.7 Å². The minimum atomic E-state index is -0.251. The summed E-state index contributed by atoms with van der Waals surface area (Å²) in [6, 6.07) is 2.29. The van der Waals surface area contributed by atoms with Crippen molar-refractivity contribution in [3.8, 4) is 6.07 Å². The maximum Gasteiger partial charge on any atom is 0.147 e. The first-order valence-electron chi connectivity index (χ1n) is 8.11. The Kier molecular flexibility index (Phi) is 5.02. The topological polar surface area (TPSA) is 72.8 Å². The first kappa shape index (κ1) is 17.4. The molecule has 2 aliphatic rings.